The van der Waals surface area contributed by atoms with E-state index in [4.69, 9.17) is 10.5 Å². The predicted molar refractivity (Wildman–Crippen MR) is 71.9 cm³/mol. The van der Waals surface area contributed by atoms with E-state index in [1.54, 1.807) is 13.4 Å². The number of aromatic nitrogens is 4. The van der Waals surface area contributed by atoms with Crippen molar-refractivity contribution in [2.75, 3.05) is 12.8 Å². The Morgan fingerprint density at radius 3 is 2.79 bits per heavy atom. The van der Waals surface area contributed by atoms with E-state index < -0.39 is 0 Å². The van der Waals surface area contributed by atoms with E-state index in [1.165, 1.54) is 0 Å². The Morgan fingerprint density at radius 2 is 2.05 bits per heavy atom. The zero-order valence-corrected chi connectivity index (χ0v) is 10.7. The maximum Gasteiger partial charge on any atom is 0.169 e. The largest absolute Gasteiger partial charge is 0.495 e. The number of hydrogen-bond acceptors (Lipinski definition) is 5. The molecule has 19 heavy (non-hydrogen) atoms. The molecule has 2 heterocycles. The van der Waals surface area contributed by atoms with Crippen molar-refractivity contribution in [3.8, 4) is 17.1 Å². The molecule has 3 rings (SSSR count). The number of aryl methyl sites for hydroxylation is 1. The van der Waals surface area contributed by atoms with Gasteiger partial charge in [0.1, 0.15) is 12.1 Å². The molecule has 0 saturated heterocycles. The maximum absolute atomic E-state index is 5.91. The summed E-state index contributed by atoms with van der Waals surface area (Å²) < 4.78 is 6.97. The second-order valence-corrected chi connectivity index (χ2v) is 4.24. The average Bonchev–Trinajstić information content (AvgIpc) is 2.81. The molecule has 96 valence electrons. The molecule has 0 radical (unpaired) electrons. The lowest BCUT2D eigenvalue weighted by atomic mass is 10.2. The highest BCUT2D eigenvalue weighted by Gasteiger charge is 2.10. The fourth-order valence-corrected chi connectivity index (χ4v) is 1.96. The van der Waals surface area contributed by atoms with Crippen molar-refractivity contribution >= 4 is 11.3 Å². The number of nitrogens with zero attached hydrogens (tertiary/aromatic N) is 4. The highest BCUT2D eigenvalue weighted by Crippen LogP contribution is 2.27. The summed E-state index contributed by atoms with van der Waals surface area (Å²) in [6, 6.07) is 7.40. The number of hydrogen-bond donors (Lipinski definition) is 1. The van der Waals surface area contributed by atoms with Gasteiger partial charge in [-0.2, -0.15) is 0 Å². The molecule has 0 aliphatic heterocycles. The standard InChI is InChI=1S/C13H13N5O/c1-8-5-12-16-17-13(18(12)7-15-8)9-3-4-11(19-2)10(14)6-9/h3-7H,14H2,1-2H3. The molecule has 0 amide bonds. The third-order valence-corrected chi connectivity index (χ3v) is 2.92. The molecular weight excluding hydrogens is 242 g/mol. The SMILES string of the molecule is COc1ccc(-c2nnc3cc(C)ncn23)cc1N. The van der Waals surface area contributed by atoms with Crippen LogP contribution in [0, 0.1) is 6.92 Å². The number of anilines is 1. The molecule has 6 nitrogen and oxygen atoms in total. The number of rotatable bonds is 2. The van der Waals surface area contributed by atoms with Crippen molar-refractivity contribution in [3.05, 3.63) is 36.3 Å². The van der Waals surface area contributed by atoms with E-state index in [-0.39, 0.29) is 0 Å². The minimum Gasteiger partial charge on any atom is -0.495 e. The maximum atomic E-state index is 5.91. The molecule has 6 heteroatoms. The minimum atomic E-state index is 0.567. The van der Waals surface area contributed by atoms with Crippen molar-refractivity contribution < 1.29 is 4.74 Å². The number of fused-ring (bicyclic) bond motifs is 1. The summed E-state index contributed by atoms with van der Waals surface area (Å²) in [7, 11) is 1.59. The quantitative estimate of drug-likeness (QED) is 0.705. The lowest BCUT2D eigenvalue weighted by Gasteiger charge is -2.06. The highest BCUT2D eigenvalue weighted by molar-refractivity contribution is 5.67. The molecule has 0 unspecified atom stereocenters. The van der Waals surface area contributed by atoms with Crippen LogP contribution in [-0.2, 0) is 0 Å². The fourth-order valence-electron chi connectivity index (χ4n) is 1.96. The van der Waals surface area contributed by atoms with E-state index in [9.17, 15) is 0 Å². The van der Waals surface area contributed by atoms with E-state index in [2.05, 4.69) is 15.2 Å². The first-order valence-corrected chi connectivity index (χ1v) is 5.80. The van der Waals surface area contributed by atoms with E-state index >= 15 is 0 Å². The van der Waals surface area contributed by atoms with Gasteiger partial charge in [-0.3, -0.25) is 4.40 Å². The Kier molecular flexibility index (Phi) is 2.56. The van der Waals surface area contributed by atoms with Crippen molar-refractivity contribution in [1.82, 2.24) is 19.6 Å². The van der Waals surface area contributed by atoms with Gasteiger partial charge in [0.25, 0.3) is 0 Å². The summed E-state index contributed by atoms with van der Waals surface area (Å²) >= 11 is 0. The first-order chi connectivity index (χ1) is 9.19. The molecule has 3 aromatic rings. The minimum absolute atomic E-state index is 0.567. The lowest BCUT2D eigenvalue weighted by molar-refractivity contribution is 0.417. The molecule has 2 N–H and O–H groups in total. The molecule has 1 aromatic carbocycles. The van der Waals surface area contributed by atoms with E-state index in [0.29, 0.717) is 17.3 Å². The smallest absolute Gasteiger partial charge is 0.169 e. The normalized spacial score (nSPS) is 10.8. The van der Waals surface area contributed by atoms with Crippen LogP contribution in [0.25, 0.3) is 17.0 Å². The highest BCUT2D eigenvalue weighted by atomic mass is 16.5. The van der Waals surface area contributed by atoms with Crippen LogP contribution in [-0.4, -0.2) is 26.7 Å². The third-order valence-electron chi connectivity index (χ3n) is 2.92. The zero-order valence-electron chi connectivity index (χ0n) is 10.7. The van der Waals surface area contributed by atoms with Gasteiger partial charge < -0.3 is 10.5 Å². The molecule has 0 aliphatic carbocycles. The summed E-state index contributed by atoms with van der Waals surface area (Å²) in [6.07, 6.45) is 1.71. The zero-order chi connectivity index (χ0) is 13.4. The fraction of sp³-hybridized carbons (Fsp3) is 0.154. The number of nitrogens with two attached hydrogens (primary N) is 1. The average molecular weight is 255 g/mol. The van der Waals surface area contributed by atoms with Crippen LogP contribution in [0.4, 0.5) is 5.69 Å². The molecule has 0 aliphatic rings. The van der Waals surface area contributed by atoms with Crippen molar-refractivity contribution in [3.63, 3.8) is 0 Å². The molecular formula is C13H13N5O. The first kappa shape index (κ1) is 11.5. The van der Waals surface area contributed by atoms with Crippen LogP contribution in [0.2, 0.25) is 0 Å². The number of methoxy groups -OCH3 is 1. The lowest BCUT2D eigenvalue weighted by Crippen LogP contribution is -1.95. The van der Waals surface area contributed by atoms with Gasteiger partial charge in [-0.05, 0) is 25.1 Å². The van der Waals surface area contributed by atoms with Crippen LogP contribution < -0.4 is 10.5 Å². The number of benzene rings is 1. The second-order valence-electron chi connectivity index (χ2n) is 4.24. The van der Waals surface area contributed by atoms with Gasteiger partial charge in [-0.1, -0.05) is 0 Å². The Labute approximate surface area is 109 Å². The summed E-state index contributed by atoms with van der Waals surface area (Å²) in [5.41, 5.74) is 9.01. The van der Waals surface area contributed by atoms with E-state index in [1.807, 2.05) is 35.6 Å². The first-order valence-electron chi connectivity index (χ1n) is 5.80. The summed E-state index contributed by atoms with van der Waals surface area (Å²) in [4.78, 5) is 4.25. The van der Waals surface area contributed by atoms with Gasteiger partial charge in [0, 0.05) is 17.3 Å². The van der Waals surface area contributed by atoms with Gasteiger partial charge in [0.05, 0.1) is 12.8 Å². The van der Waals surface area contributed by atoms with Gasteiger partial charge >= 0.3 is 0 Å². The number of ether oxygens (including phenoxy) is 1. The van der Waals surface area contributed by atoms with Gasteiger partial charge in [0.15, 0.2) is 11.5 Å². The monoisotopic (exact) mass is 255 g/mol. The summed E-state index contributed by atoms with van der Waals surface area (Å²) in [5, 5.41) is 8.31. The van der Waals surface area contributed by atoms with Gasteiger partial charge in [-0.15, -0.1) is 10.2 Å². The number of nitrogen functional groups attached to an aromatic ring is 1. The van der Waals surface area contributed by atoms with Crippen LogP contribution in [0.15, 0.2) is 30.6 Å². The van der Waals surface area contributed by atoms with Crippen LogP contribution in [0.5, 0.6) is 5.75 Å². The van der Waals surface area contributed by atoms with Gasteiger partial charge in [0.2, 0.25) is 0 Å². The molecule has 0 saturated carbocycles. The van der Waals surface area contributed by atoms with Crippen LogP contribution in [0.3, 0.4) is 0 Å². The van der Waals surface area contributed by atoms with Crippen molar-refractivity contribution in [2.45, 2.75) is 6.92 Å². The van der Waals surface area contributed by atoms with E-state index in [0.717, 1.165) is 16.9 Å². The summed E-state index contributed by atoms with van der Waals surface area (Å²) in [6.45, 7) is 1.92. The Morgan fingerprint density at radius 1 is 1.21 bits per heavy atom. The summed E-state index contributed by atoms with van der Waals surface area (Å²) in [5.74, 6) is 1.35. The molecule has 2 aromatic heterocycles. The van der Waals surface area contributed by atoms with Crippen LogP contribution >= 0.6 is 0 Å². The van der Waals surface area contributed by atoms with Crippen molar-refractivity contribution in [2.24, 2.45) is 0 Å². The molecule has 0 bridgehead atoms. The van der Waals surface area contributed by atoms with Crippen molar-refractivity contribution in [1.29, 1.82) is 0 Å². The molecule has 0 atom stereocenters. The topological polar surface area (TPSA) is 78.3 Å². The Bertz CT molecular complexity index is 750. The Balaban J connectivity index is 2.16. The predicted octanol–water partition coefficient (Wildman–Crippen LogP) is 1.69. The molecule has 0 spiro atoms. The third kappa shape index (κ3) is 1.87. The van der Waals surface area contributed by atoms with Crippen LogP contribution in [0.1, 0.15) is 5.69 Å². The van der Waals surface area contributed by atoms with Gasteiger partial charge in [-0.25, -0.2) is 4.98 Å². The Hall–Kier alpha value is -2.63. The second kappa shape index (κ2) is 4.24. The molecule has 0 fully saturated rings.